The number of unbranched alkanes of at least 4 members (excludes halogenated alkanes) is 24. The number of carbonyl (C=O) groups is 3. The van der Waals surface area contributed by atoms with Crippen LogP contribution in [0, 0.1) is 0 Å². The third kappa shape index (κ3) is 45.7. The molecule has 0 aliphatic heterocycles. The Morgan fingerprint density at radius 2 is 0.984 bits per heavy atom. The van der Waals surface area contributed by atoms with Crippen LogP contribution in [0.2, 0.25) is 0 Å². The number of quaternary nitrogens is 1. The van der Waals surface area contributed by atoms with Crippen LogP contribution < -0.4 is 0 Å². The van der Waals surface area contributed by atoms with Crippen LogP contribution in [0.25, 0.3) is 0 Å². The van der Waals surface area contributed by atoms with Crippen molar-refractivity contribution in [3.05, 3.63) is 36.5 Å². The zero-order valence-electron chi connectivity index (χ0n) is 39.9. The molecule has 0 aromatic carbocycles. The van der Waals surface area contributed by atoms with Gasteiger partial charge in [-0.3, -0.25) is 23.4 Å². The van der Waals surface area contributed by atoms with Gasteiger partial charge in [0.1, 0.15) is 19.8 Å². The number of phosphoric acid groups is 1. The van der Waals surface area contributed by atoms with Crippen LogP contribution in [0.4, 0.5) is 0 Å². The largest absolute Gasteiger partial charge is 0.472 e. The maximum Gasteiger partial charge on any atom is 0.472 e. The molecule has 0 aromatic rings. The first-order chi connectivity index (χ1) is 29.4. The normalized spacial score (nSPS) is 13.7. The molecule has 1 unspecified atom stereocenters. The summed E-state index contributed by atoms with van der Waals surface area (Å²) in [5, 5.41) is 0. The van der Waals surface area contributed by atoms with Crippen molar-refractivity contribution < 1.29 is 46.8 Å². The molecule has 0 heterocycles. The second kappa shape index (κ2) is 41.9. The molecule has 10 nitrogen and oxygen atoms in total. The Bertz CT molecular complexity index is 1200. The zero-order valence-corrected chi connectivity index (χ0v) is 40.8. The first-order valence-corrected chi connectivity index (χ1v) is 26.2. The topological polar surface area (TPSA) is 125 Å². The fourth-order valence-corrected chi connectivity index (χ4v) is 7.44. The maximum atomic E-state index is 12.7. The molecule has 0 rings (SSSR count). The van der Waals surface area contributed by atoms with Gasteiger partial charge in [0.05, 0.1) is 27.7 Å². The minimum Gasteiger partial charge on any atom is -0.462 e. The number of allylic oxidation sites excluding steroid dienone is 6. The van der Waals surface area contributed by atoms with Crippen molar-refractivity contribution in [2.24, 2.45) is 0 Å². The third-order valence-electron chi connectivity index (χ3n) is 10.6. The average molecular weight is 883 g/mol. The lowest BCUT2D eigenvalue weighted by molar-refractivity contribution is -0.870. The van der Waals surface area contributed by atoms with Gasteiger partial charge in [0.25, 0.3) is 0 Å². The molecule has 0 aliphatic carbocycles. The molecule has 0 bridgehead atoms. The summed E-state index contributed by atoms with van der Waals surface area (Å²) in [6.07, 6.45) is 44.6. The highest BCUT2D eigenvalue weighted by Crippen LogP contribution is 2.43. The minimum atomic E-state index is -4.40. The van der Waals surface area contributed by atoms with E-state index in [4.69, 9.17) is 18.5 Å². The van der Waals surface area contributed by atoms with E-state index in [9.17, 15) is 23.8 Å². The molecule has 0 aromatic heterocycles. The minimum absolute atomic E-state index is 0.0158. The Hall–Kier alpha value is -2.10. The van der Waals surface area contributed by atoms with Crippen LogP contribution in [-0.2, 0) is 37.5 Å². The second-order valence-corrected chi connectivity index (χ2v) is 19.3. The lowest BCUT2D eigenvalue weighted by atomic mass is 10.0. The van der Waals surface area contributed by atoms with E-state index in [0.717, 1.165) is 70.6 Å². The Labute approximate surface area is 374 Å². The van der Waals surface area contributed by atoms with E-state index >= 15 is 0 Å². The van der Waals surface area contributed by atoms with Crippen molar-refractivity contribution in [2.75, 3.05) is 47.5 Å². The number of rotatable bonds is 45. The van der Waals surface area contributed by atoms with Gasteiger partial charge in [-0.15, -0.1) is 0 Å². The number of hydrogen-bond acceptors (Lipinski definition) is 8. The third-order valence-corrected chi connectivity index (χ3v) is 11.6. The standard InChI is InChI=1S/C50H92NO9P/c1-6-8-10-11-12-13-14-15-16-17-18-19-20-21-22-23-24-27-30-33-37-41-49(53)57-45-48(46-59-61(55,56)58-44-43-51(3,4)5)60-50(54)42-38-34-31-28-25-26-29-32-36-40-47(52)39-35-9-7-2/h15-16,29,32,36,40,48H,6-14,17-28,30-31,33-35,37-39,41-46H2,1-5H3/p+1/b16-15-,32-29-,40-36+/t48-/m1/s1. The van der Waals surface area contributed by atoms with Crippen LogP contribution in [0.3, 0.4) is 0 Å². The van der Waals surface area contributed by atoms with Gasteiger partial charge in [0.15, 0.2) is 11.9 Å². The highest BCUT2D eigenvalue weighted by atomic mass is 31.2. The van der Waals surface area contributed by atoms with Crippen LogP contribution in [0.1, 0.15) is 213 Å². The van der Waals surface area contributed by atoms with Gasteiger partial charge >= 0.3 is 19.8 Å². The summed E-state index contributed by atoms with van der Waals surface area (Å²) < 4.78 is 34.3. The summed E-state index contributed by atoms with van der Waals surface area (Å²) in [7, 11) is 1.42. The van der Waals surface area contributed by atoms with Gasteiger partial charge in [0.2, 0.25) is 0 Å². The van der Waals surface area contributed by atoms with Crippen LogP contribution >= 0.6 is 7.82 Å². The summed E-state index contributed by atoms with van der Waals surface area (Å²) >= 11 is 0. The quantitative estimate of drug-likeness (QED) is 0.0121. The first kappa shape index (κ1) is 58.9. The molecule has 0 amide bonds. The van der Waals surface area contributed by atoms with Crippen LogP contribution in [-0.4, -0.2) is 80.7 Å². The van der Waals surface area contributed by atoms with Crippen molar-refractivity contribution in [1.82, 2.24) is 0 Å². The molecule has 61 heavy (non-hydrogen) atoms. The Morgan fingerprint density at radius 3 is 1.51 bits per heavy atom. The molecule has 0 aliphatic rings. The molecule has 0 saturated carbocycles. The number of ether oxygens (including phenoxy) is 2. The van der Waals surface area contributed by atoms with Crippen LogP contribution in [0.5, 0.6) is 0 Å². The molecule has 0 spiro atoms. The van der Waals surface area contributed by atoms with E-state index in [-0.39, 0.29) is 37.8 Å². The predicted octanol–water partition coefficient (Wildman–Crippen LogP) is 13.7. The molecule has 11 heteroatoms. The molecule has 0 fully saturated rings. The highest BCUT2D eigenvalue weighted by Gasteiger charge is 2.27. The Kier molecular flexibility index (Phi) is 40.4. The van der Waals surface area contributed by atoms with Crippen molar-refractivity contribution in [3.63, 3.8) is 0 Å². The molecular weight excluding hydrogens is 790 g/mol. The van der Waals surface area contributed by atoms with Crippen molar-refractivity contribution in [3.8, 4) is 0 Å². The lowest BCUT2D eigenvalue weighted by Crippen LogP contribution is -2.37. The molecule has 0 radical (unpaired) electrons. The Morgan fingerprint density at radius 1 is 0.541 bits per heavy atom. The number of hydrogen-bond donors (Lipinski definition) is 1. The predicted molar refractivity (Wildman–Crippen MR) is 252 cm³/mol. The number of phosphoric ester groups is 1. The smallest absolute Gasteiger partial charge is 0.462 e. The van der Waals surface area contributed by atoms with Gasteiger partial charge in [-0.25, -0.2) is 4.57 Å². The van der Waals surface area contributed by atoms with Gasteiger partial charge in [-0.1, -0.05) is 166 Å². The molecule has 356 valence electrons. The van der Waals surface area contributed by atoms with E-state index in [1.165, 1.54) is 103 Å². The van der Waals surface area contributed by atoms with Gasteiger partial charge < -0.3 is 18.9 Å². The molecule has 2 atom stereocenters. The monoisotopic (exact) mass is 883 g/mol. The summed E-state index contributed by atoms with van der Waals surface area (Å²) in [4.78, 5) is 47.3. The van der Waals surface area contributed by atoms with Gasteiger partial charge in [0, 0.05) is 19.3 Å². The van der Waals surface area contributed by atoms with E-state index in [2.05, 4.69) is 32.1 Å². The van der Waals surface area contributed by atoms with E-state index < -0.39 is 26.5 Å². The van der Waals surface area contributed by atoms with Crippen molar-refractivity contribution in [1.29, 1.82) is 0 Å². The molecule has 1 N–H and O–H groups in total. The fourth-order valence-electron chi connectivity index (χ4n) is 6.70. The van der Waals surface area contributed by atoms with Crippen molar-refractivity contribution >= 4 is 25.5 Å². The van der Waals surface area contributed by atoms with Gasteiger partial charge in [-0.2, -0.15) is 0 Å². The SMILES string of the molecule is CCCCCCCC/C=C\CCCCCCCCCCCCCC(=O)OC[C@H](COP(=O)(O)OCC[N+](C)(C)C)OC(=O)CCCCCCC/C=C\C=C\C(=O)CCCCC. The number of esters is 2. The summed E-state index contributed by atoms with van der Waals surface area (Å²) in [5.41, 5.74) is 0. The first-order valence-electron chi connectivity index (χ1n) is 24.7. The summed E-state index contributed by atoms with van der Waals surface area (Å²) in [5.74, 6) is -0.679. The van der Waals surface area contributed by atoms with Gasteiger partial charge in [-0.05, 0) is 63.9 Å². The van der Waals surface area contributed by atoms with E-state index in [0.29, 0.717) is 23.9 Å². The number of likely N-dealkylation sites (N-methyl/N-ethyl adjacent to an activating group) is 1. The molecule has 0 saturated heterocycles. The Balaban J connectivity index is 4.30. The molecular formula is C50H93NO9P+. The number of ketones is 1. The number of carbonyl (C=O) groups excluding carboxylic acids is 3. The van der Waals surface area contributed by atoms with Crippen LogP contribution in [0.15, 0.2) is 36.5 Å². The average Bonchev–Trinajstić information content (AvgIpc) is 3.21. The van der Waals surface area contributed by atoms with Crippen molar-refractivity contribution in [2.45, 2.75) is 219 Å². The highest BCUT2D eigenvalue weighted by molar-refractivity contribution is 7.47. The van der Waals surface area contributed by atoms with E-state index in [1.54, 1.807) is 6.08 Å². The summed E-state index contributed by atoms with van der Waals surface area (Å²) in [6, 6.07) is 0. The summed E-state index contributed by atoms with van der Waals surface area (Å²) in [6.45, 7) is 4.22. The zero-order chi connectivity index (χ0) is 45.1. The second-order valence-electron chi connectivity index (χ2n) is 17.9. The number of nitrogens with zero attached hydrogens (tertiary/aromatic N) is 1. The fraction of sp³-hybridized carbons (Fsp3) is 0.820. The lowest BCUT2D eigenvalue weighted by Gasteiger charge is -2.24. The van der Waals surface area contributed by atoms with E-state index in [1.807, 2.05) is 33.3 Å². The maximum absolute atomic E-state index is 12.7.